The maximum Gasteiger partial charge on any atom is 0.267 e. The van der Waals surface area contributed by atoms with Crippen molar-refractivity contribution < 1.29 is 4.79 Å². The highest BCUT2D eigenvalue weighted by Gasteiger charge is 2.07. The minimum atomic E-state index is -0.0873. The first-order valence-corrected chi connectivity index (χ1v) is 5.62. The number of nitrogens with one attached hydrogen (secondary N) is 1. The van der Waals surface area contributed by atoms with E-state index in [9.17, 15) is 4.79 Å². The lowest BCUT2D eigenvalue weighted by molar-refractivity contribution is 0.0944. The predicted molar refractivity (Wildman–Crippen MR) is 65.0 cm³/mol. The van der Waals surface area contributed by atoms with Crippen LogP contribution in [0.15, 0.2) is 30.7 Å². The van der Waals surface area contributed by atoms with E-state index < -0.39 is 0 Å². The summed E-state index contributed by atoms with van der Waals surface area (Å²) in [4.78, 5) is 11.7. The molecule has 0 aliphatic carbocycles. The maximum atomic E-state index is 11.7. The lowest BCUT2D eigenvalue weighted by atomic mass is 10.4. The third kappa shape index (κ3) is 2.88. The Labute approximate surface area is 104 Å². The van der Waals surface area contributed by atoms with Gasteiger partial charge in [0.05, 0.1) is 17.8 Å². The van der Waals surface area contributed by atoms with Crippen LogP contribution in [-0.4, -0.2) is 26.8 Å². The lowest BCUT2D eigenvalue weighted by Crippen LogP contribution is -2.28. The van der Waals surface area contributed by atoms with Gasteiger partial charge in [-0.25, -0.2) is 0 Å². The molecular weight excluding hydrogens is 240 g/mol. The molecule has 0 bridgehead atoms. The van der Waals surface area contributed by atoms with Crippen molar-refractivity contribution in [1.29, 1.82) is 0 Å². The van der Waals surface area contributed by atoms with Gasteiger partial charge < -0.3 is 9.88 Å². The molecular formula is C11H13ClN4O. The van der Waals surface area contributed by atoms with Crippen molar-refractivity contribution in [2.45, 2.75) is 6.54 Å². The van der Waals surface area contributed by atoms with E-state index in [0.29, 0.717) is 23.8 Å². The molecule has 0 atom stereocenters. The molecule has 1 amide bonds. The van der Waals surface area contributed by atoms with Crippen LogP contribution in [0, 0.1) is 0 Å². The van der Waals surface area contributed by atoms with E-state index in [1.807, 2.05) is 19.3 Å². The quantitative estimate of drug-likeness (QED) is 0.892. The second-order valence-electron chi connectivity index (χ2n) is 3.68. The molecule has 2 aromatic rings. The van der Waals surface area contributed by atoms with Gasteiger partial charge in [-0.1, -0.05) is 11.6 Å². The van der Waals surface area contributed by atoms with E-state index in [2.05, 4.69) is 10.4 Å². The number of nitrogens with zero attached hydrogens (tertiary/aromatic N) is 3. The molecule has 90 valence electrons. The Morgan fingerprint density at radius 3 is 3.00 bits per heavy atom. The van der Waals surface area contributed by atoms with Crippen molar-refractivity contribution in [2.75, 3.05) is 6.54 Å². The topological polar surface area (TPSA) is 51.9 Å². The van der Waals surface area contributed by atoms with Crippen LogP contribution in [-0.2, 0) is 13.6 Å². The van der Waals surface area contributed by atoms with Crippen molar-refractivity contribution in [3.8, 4) is 0 Å². The summed E-state index contributed by atoms with van der Waals surface area (Å²) in [5.74, 6) is -0.0873. The number of halogens is 1. The van der Waals surface area contributed by atoms with Crippen molar-refractivity contribution in [1.82, 2.24) is 19.7 Å². The summed E-state index contributed by atoms with van der Waals surface area (Å²) >= 11 is 5.73. The number of carbonyl (C=O) groups is 1. The summed E-state index contributed by atoms with van der Waals surface area (Å²) in [6.07, 6.45) is 5.12. The number of aryl methyl sites for hydroxylation is 1. The molecule has 0 radical (unpaired) electrons. The molecule has 0 fully saturated rings. The molecule has 0 aromatic carbocycles. The van der Waals surface area contributed by atoms with Crippen molar-refractivity contribution >= 4 is 17.5 Å². The number of amides is 1. The molecule has 2 heterocycles. The normalized spacial score (nSPS) is 10.5. The third-order valence-corrected chi connectivity index (χ3v) is 2.60. The minimum Gasteiger partial charge on any atom is -0.349 e. The Morgan fingerprint density at radius 1 is 1.59 bits per heavy atom. The van der Waals surface area contributed by atoms with Gasteiger partial charge in [0.25, 0.3) is 5.91 Å². The van der Waals surface area contributed by atoms with Crippen LogP contribution in [0.5, 0.6) is 0 Å². The van der Waals surface area contributed by atoms with Crippen molar-refractivity contribution in [3.05, 3.63) is 41.4 Å². The van der Waals surface area contributed by atoms with E-state index in [1.54, 1.807) is 27.7 Å². The number of carbonyl (C=O) groups excluding carboxylic acids is 1. The summed E-state index contributed by atoms with van der Waals surface area (Å²) in [6.45, 7) is 1.12. The van der Waals surface area contributed by atoms with E-state index in [0.717, 1.165) is 0 Å². The molecule has 2 rings (SSSR count). The van der Waals surface area contributed by atoms with Crippen LogP contribution in [0.4, 0.5) is 0 Å². The van der Waals surface area contributed by atoms with Gasteiger partial charge in [0, 0.05) is 26.0 Å². The molecule has 5 nitrogen and oxygen atoms in total. The predicted octanol–water partition coefficient (Wildman–Crippen LogP) is 1.30. The van der Waals surface area contributed by atoms with Crippen molar-refractivity contribution in [2.24, 2.45) is 7.05 Å². The average molecular weight is 253 g/mol. The van der Waals surface area contributed by atoms with Crippen LogP contribution in [0.3, 0.4) is 0 Å². The van der Waals surface area contributed by atoms with Crippen LogP contribution in [0.25, 0.3) is 0 Å². The summed E-state index contributed by atoms with van der Waals surface area (Å²) in [7, 11) is 1.84. The second-order valence-corrected chi connectivity index (χ2v) is 4.12. The molecule has 1 N–H and O–H groups in total. The monoisotopic (exact) mass is 252 g/mol. The number of aromatic nitrogens is 3. The van der Waals surface area contributed by atoms with Crippen LogP contribution in [0.2, 0.25) is 5.02 Å². The molecule has 0 unspecified atom stereocenters. The van der Waals surface area contributed by atoms with Gasteiger partial charge in [0.2, 0.25) is 0 Å². The molecule has 6 heteroatoms. The van der Waals surface area contributed by atoms with Gasteiger partial charge in [-0.15, -0.1) is 0 Å². The Balaban J connectivity index is 1.83. The average Bonchev–Trinajstić information content (AvgIpc) is 2.87. The summed E-state index contributed by atoms with van der Waals surface area (Å²) < 4.78 is 3.47. The van der Waals surface area contributed by atoms with Crippen molar-refractivity contribution in [3.63, 3.8) is 0 Å². The van der Waals surface area contributed by atoms with E-state index >= 15 is 0 Å². The van der Waals surface area contributed by atoms with E-state index in [-0.39, 0.29) is 5.91 Å². The number of hydrogen-bond acceptors (Lipinski definition) is 2. The Bertz CT molecular complexity index is 517. The first-order valence-electron chi connectivity index (χ1n) is 5.24. The van der Waals surface area contributed by atoms with E-state index in [4.69, 9.17) is 11.6 Å². The van der Waals surface area contributed by atoms with Gasteiger partial charge in [-0.05, 0) is 12.1 Å². The lowest BCUT2D eigenvalue weighted by Gasteiger charge is -2.06. The standard InChI is InChI=1S/C11H13ClN4O/c1-15-5-2-3-10(15)11(17)13-4-6-16-8-9(12)7-14-16/h2-3,5,7-8H,4,6H2,1H3,(H,13,17). The zero-order valence-corrected chi connectivity index (χ0v) is 10.2. The fourth-order valence-corrected chi connectivity index (χ4v) is 1.69. The smallest absolute Gasteiger partial charge is 0.267 e. The number of hydrogen-bond donors (Lipinski definition) is 1. The fourth-order valence-electron chi connectivity index (χ4n) is 1.53. The fraction of sp³-hybridized carbons (Fsp3) is 0.273. The van der Waals surface area contributed by atoms with Gasteiger partial charge in [0.1, 0.15) is 5.69 Å². The largest absolute Gasteiger partial charge is 0.349 e. The maximum absolute atomic E-state index is 11.7. The Morgan fingerprint density at radius 2 is 2.41 bits per heavy atom. The highest BCUT2D eigenvalue weighted by Crippen LogP contribution is 2.04. The highest BCUT2D eigenvalue weighted by molar-refractivity contribution is 6.30. The van der Waals surface area contributed by atoms with E-state index in [1.165, 1.54) is 0 Å². The molecule has 17 heavy (non-hydrogen) atoms. The SMILES string of the molecule is Cn1cccc1C(=O)NCCn1cc(Cl)cn1. The van der Waals surface area contributed by atoms with Gasteiger partial charge in [-0.2, -0.15) is 5.10 Å². The molecule has 0 saturated carbocycles. The third-order valence-electron chi connectivity index (χ3n) is 2.40. The Kier molecular flexibility index (Phi) is 3.49. The first-order chi connectivity index (χ1) is 8.16. The summed E-state index contributed by atoms with van der Waals surface area (Å²) in [6, 6.07) is 3.61. The molecule has 0 aliphatic heterocycles. The summed E-state index contributed by atoms with van der Waals surface area (Å²) in [5.41, 5.74) is 0.642. The molecule has 2 aromatic heterocycles. The molecule has 0 spiro atoms. The Hall–Kier alpha value is -1.75. The number of rotatable bonds is 4. The van der Waals surface area contributed by atoms with Gasteiger partial charge in [-0.3, -0.25) is 9.48 Å². The zero-order chi connectivity index (χ0) is 12.3. The first kappa shape index (κ1) is 11.7. The van der Waals surface area contributed by atoms with Gasteiger partial charge in [0.15, 0.2) is 0 Å². The zero-order valence-electron chi connectivity index (χ0n) is 9.43. The molecule has 0 saturated heterocycles. The molecule has 0 aliphatic rings. The minimum absolute atomic E-state index is 0.0873. The highest BCUT2D eigenvalue weighted by atomic mass is 35.5. The second kappa shape index (κ2) is 5.05. The van der Waals surface area contributed by atoms with Gasteiger partial charge >= 0.3 is 0 Å². The van der Waals surface area contributed by atoms with Crippen LogP contribution < -0.4 is 5.32 Å². The van der Waals surface area contributed by atoms with Crippen LogP contribution >= 0.6 is 11.6 Å². The van der Waals surface area contributed by atoms with Crippen LogP contribution in [0.1, 0.15) is 10.5 Å². The summed E-state index contributed by atoms with van der Waals surface area (Å²) in [5, 5.41) is 7.44.